The fourth-order valence-electron chi connectivity index (χ4n) is 4.43. The zero-order valence-corrected chi connectivity index (χ0v) is 17.3. The number of aromatic nitrogens is 5. The van der Waals surface area contributed by atoms with Crippen LogP contribution in [0.4, 0.5) is 14.9 Å². The molecule has 2 aliphatic rings. The molecule has 0 radical (unpaired) electrons. The Kier molecular flexibility index (Phi) is 4.30. The maximum atomic E-state index is 14.2. The molecular weight excluding hydrogens is 385 g/mol. The van der Waals surface area contributed by atoms with E-state index in [1.807, 2.05) is 11.0 Å². The second kappa shape index (κ2) is 6.78. The smallest absolute Gasteiger partial charge is 0.319 e. The van der Waals surface area contributed by atoms with Crippen LogP contribution < -0.4 is 5.32 Å². The number of anilines is 1. The maximum absolute atomic E-state index is 14.2. The number of rotatable bonds is 4. The van der Waals surface area contributed by atoms with E-state index in [4.69, 9.17) is 0 Å². The lowest BCUT2D eigenvalue weighted by atomic mass is 10.0. The molecule has 0 aromatic carbocycles. The minimum atomic E-state index is -1.39. The number of nitrogens with zero attached hydrogens (tertiary/aromatic N) is 5. The number of H-pyrrole nitrogens is 1. The number of piperidine rings is 1. The number of likely N-dealkylation sites (tertiary alicyclic amines) is 1. The number of hydrogen-bond acceptors (Lipinski definition) is 4. The van der Waals surface area contributed by atoms with Crippen LogP contribution in [-0.2, 0) is 6.54 Å². The highest BCUT2D eigenvalue weighted by Crippen LogP contribution is 2.48. The first-order chi connectivity index (χ1) is 14.3. The second-order valence-electron chi connectivity index (χ2n) is 9.07. The molecule has 2 N–H and O–H groups in total. The average molecular weight is 411 g/mol. The van der Waals surface area contributed by atoms with E-state index in [1.165, 1.54) is 20.3 Å². The average Bonchev–Trinajstić information content (AvgIpc) is 3.12. The van der Waals surface area contributed by atoms with E-state index < -0.39 is 5.67 Å². The van der Waals surface area contributed by atoms with E-state index in [0.29, 0.717) is 17.1 Å². The molecule has 0 atom stereocenters. The standard InChI is InChI=1S/C21H26FN7O/c1-20(2,22)13-29-17-9-15(23-10-14(17)11-25-29)18-16(12-24-27-18)26-19(30)28-8-4-3-5-21(28)6-7-21/h9-12H,3-8,13H2,1-2H3,(H,24,27)(H,26,30). The van der Waals surface area contributed by atoms with Crippen molar-refractivity contribution in [3.05, 3.63) is 24.7 Å². The van der Waals surface area contributed by atoms with Gasteiger partial charge in [0.15, 0.2) is 0 Å². The molecule has 1 spiro atoms. The number of pyridine rings is 1. The first kappa shape index (κ1) is 19.0. The molecule has 3 aromatic heterocycles. The fourth-order valence-corrected chi connectivity index (χ4v) is 4.43. The third-order valence-corrected chi connectivity index (χ3v) is 6.11. The van der Waals surface area contributed by atoms with Crippen LogP contribution >= 0.6 is 0 Å². The first-order valence-corrected chi connectivity index (χ1v) is 10.5. The summed E-state index contributed by atoms with van der Waals surface area (Å²) in [7, 11) is 0. The summed E-state index contributed by atoms with van der Waals surface area (Å²) in [4.78, 5) is 19.5. The van der Waals surface area contributed by atoms with E-state index in [-0.39, 0.29) is 18.1 Å². The van der Waals surface area contributed by atoms with Crippen LogP contribution in [0.1, 0.15) is 46.0 Å². The summed E-state index contributed by atoms with van der Waals surface area (Å²) in [6, 6.07) is 1.76. The molecule has 30 heavy (non-hydrogen) atoms. The van der Waals surface area contributed by atoms with Crippen molar-refractivity contribution in [1.82, 2.24) is 29.9 Å². The molecule has 9 heteroatoms. The number of aromatic amines is 1. The molecule has 1 aliphatic carbocycles. The van der Waals surface area contributed by atoms with Crippen LogP contribution in [0.25, 0.3) is 22.3 Å². The summed E-state index contributed by atoms with van der Waals surface area (Å²) in [6.45, 7) is 3.99. The van der Waals surface area contributed by atoms with Gasteiger partial charge in [-0.2, -0.15) is 10.2 Å². The van der Waals surface area contributed by atoms with Gasteiger partial charge in [0.1, 0.15) is 11.4 Å². The van der Waals surface area contributed by atoms with E-state index in [1.54, 1.807) is 23.3 Å². The highest BCUT2D eigenvalue weighted by molar-refractivity contribution is 5.94. The maximum Gasteiger partial charge on any atom is 0.322 e. The van der Waals surface area contributed by atoms with Gasteiger partial charge in [-0.1, -0.05) is 0 Å². The molecule has 158 valence electrons. The number of urea groups is 1. The topological polar surface area (TPSA) is 91.7 Å². The number of carbonyl (C=O) groups excluding carboxylic acids is 1. The minimum absolute atomic E-state index is 0.0645. The van der Waals surface area contributed by atoms with Crippen molar-refractivity contribution in [2.45, 2.75) is 63.7 Å². The van der Waals surface area contributed by atoms with Gasteiger partial charge in [-0.25, -0.2) is 9.18 Å². The Labute approximate surface area is 173 Å². The molecule has 4 heterocycles. The van der Waals surface area contributed by atoms with Crippen LogP contribution in [0.5, 0.6) is 0 Å². The van der Waals surface area contributed by atoms with Crippen molar-refractivity contribution in [3.8, 4) is 11.4 Å². The van der Waals surface area contributed by atoms with Crippen LogP contribution in [-0.4, -0.2) is 53.6 Å². The molecular formula is C21H26FN7O. The van der Waals surface area contributed by atoms with Gasteiger partial charge >= 0.3 is 6.03 Å². The SMILES string of the molecule is CC(C)(F)Cn1ncc2cnc(-c3[nH]ncc3NC(=O)N3CCCCC34CC4)cc21. The van der Waals surface area contributed by atoms with E-state index in [0.717, 1.165) is 43.1 Å². The quantitative estimate of drug-likeness (QED) is 0.676. The van der Waals surface area contributed by atoms with E-state index in [2.05, 4.69) is 25.6 Å². The summed E-state index contributed by atoms with van der Waals surface area (Å²) in [5, 5.41) is 15.2. The number of amides is 2. The van der Waals surface area contributed by atoms with Crippen LogP contribution in [0, 0.1) is 0 Å². The predicted molar refractivity (Wildman–Crippen MR) is 112 cm³/mol. The van der Waals surface area contributed by atoms with Crippen molar-refractivity contribution >= 4 is 22.6 Å². The number of alkyl halides is 1. The molecule has 2 amide bonds. The van der Waals surface area contributed by atoms with Gasteiger partial charge in [-0.05, 0) is 52.0 Å². The molecule has 1 saturated heterocycles. The van der Waals surface area contributed by atoms with Gasteiger partial charge in [0, 0.05) is 23.7 Å². The van der Waals surface area contributed by atoms with Crippen molar-refractivity contribution in [2.75, 3.05) is 11.9 Å². The molecule has 5 rings (SSSR count). The highest BCUT2D eigenvalue weighted by Gasteiger charge is 2.51. The lowest BCUT2D eigenvalue weighted by molar-refractivity contribution is 0.151. The third-order valence-electron chi connectivity index (χ3n) is 6.11. The lowest BCUT2D eigenvalue weighted by Crippen LogP contribution is -2.47. The highest BCUT2D eigenvalue weighted by atomic mass is 19.1. The van der Waals surface area contributed by atoms with Gasteiger partial charge < -0.3 is 10.2 Å². The van der Waals surface area contributed by atoms with Gasteiger partial charge in [0.05, 0.1) is 35.8 Å². The van der Waals surface area contributed by atoms with Gasteiger partial charge in [-0.3, -0.25) is 14.8 Å². The zero-order valence-electron chi connectivity index (χ0n) is 17.3. The van der Waals surface area contributed by atoms with Crippen LogP contribution in [0.3, 0.4) is 0 Å². The van der Waals surface area contributed by atoms with Gasteiger partial charge in [0.2, 0.25) is 0 Å². The Morgan fingerprint density at radius 2 is 2.10 bits per heavy atom. The molecule has 1 saturated carbocycles. The van der Waals surface area contributed by atoms with Gasteiger partial charge in [0.25, 0.3) is 0 Å². The predicted octanol–water partition coefficient (Wildman–Crippen LogP) is 4.12. The molecule has 0 unspecified atom stereocenters. The number of fused-ring (bicyclic) bond motifs is 1. The normalized spacial score (nSPS) is 18.2. The largest absolute Gasteiger partial charge is 0.322 e. The van der Waals surface area contributed by atoms with E-state index >= 15 is 0 Å². The Balaban J connectivity index is 1.42. The van der Waals surface area contributed by atoms with Crippen molar-refractivity contribution in [3.63, 3.8) is 0 Å². The Morgan fingerprint density at radius 3 is 2.87 bits per heavy atom. The summed E-state index contributed by atoms with van der Waals surface area (Å²) in [5.41, 5.74) is 1.29. The van der Waals surface area contributed by atoms with Crippen molar-refractivity contribution in [2.24, 2.45) is 0 Å². The number of hydrogen-bond donors (Lipinski definition) is 2. The van der Waals surface area contributed by atoms with Gasteiger partial charge in [-0.15, -0.1) is 0 Å². The summed E-state index contributed by atoms with van der Waals surface area (Å²) >= 11 is 0. The lowest BCUT2D eigenvalue weighted by Gasteiger charge is -2.36. The minimum Gasteiger partial charge on any atom is -0.319 e. The summed E-state index contributed by atoms with van der Waals surface area (Å²) in [5.74, 6) is 0. The first-order valence-electron chi connectivity index (χ1n) is 10.5. The monoisotopic (exact) mass is 411 g/mol. The molecule has 8 nitrogen and oxygen atoms in total. The number of halogens is 1. The third kappa shape index (κ3) is 3.42. The number of nitrogens with one attached hydrogen (secondary N) is 2. The van der Waals surface area contributed by atoms with E-state index in [9.17, 15) is 9.18 Å². The Bertz CT molecular complexity index is 1090. The molecule has 0 bridgehead atoms. The van der Waals surface area contributed by atoms with Crippen LogP contribution in [0.15, 0.2) is 24.7 Å². The molecule has 2 fully saturated rings. The van der Waals surface area contributed by atoms with Crippen molar-refractivity contribution in [1.29, 1.82) is 0 Å². The van der Waals surface area contributed by atoms with Crippen LogP contribution in [0.2, 0.25) is 0 Å². The summed E-state index contributed by atoms with van der Waals surface area (Å²) < 4.78 is 15.8. The second-order valence-corrected chi connectivity index (χ2v) is 9.07. The summed E-state index contributed by atoms with van der Waals surface area (Å²) in [6.07, 6.45) is 10.5. The molecule has 1 aliphatic heterocycles. The molecule has 3 aromatic rings. The Morgan fingerprint density at radius 1 is 1.27 bits per heavy atom. The number of carbonyl (C=O) groups is 1. The van der Waals surface area contributed by atoms with Crippen molar-refractivity contribution < 1.29 is 9.18 Å². The fraction of sp³-hybridized carbons (Fsp3) is 0.524. The Hall–Kier alpha value is -2.97. The zero-order chi connectivity index (χ0) is 20.9.